The molecule has 0 spiro atoms. The first-order chi connectivity index (χ1) is 13.5. The second kappa shape index (κ2) is 7.53. The van der Waals surface area contributed by atoms with Crippen molar-refractivity contribution in [3.63, 3.8) is 0 Å². The minimum atomic E-state index is 0.00544. The van der Waals surface area contributed by atoms with Gasteiger partial charge in [0.15, 0.2) is 0 Å². The molecule has 4 rings (SSSR count). The molecule has 2 aromatic heterocycles. The van der Waals surface area contributed by atoms with Gasteiger partial charge in [0, 0.05) is 17.7 Å². The molecular weight excluding hydrogens is 354 g/mol. The van der Waals surface area contributed by atoms with Gasteiger partial charge in [-0.15, -0.1) is 5.10 Å². The molecule has 1 amide bonds. The summed E-state index contributed by atoms with van der Waals surface area (Å²) >= 11 is 0. The molecule has 1 aromatic carbocycles. The Bertz CT molecular complexity index is 984. The zero-order valence-electron chi connectivity index (χ0n) is 16.5. The Labute approximate surface area is 163 Å². The lowest BCUT2D eigenvalue weighted by Crippen LogP contribution is -2.31. The lowest BCUT2D eigenvalue weighted by atomic mass is 9.92. The lowest BCUT2D eigenvalue weighted by Gasteiger charge is -2.24. The molecular formula is C20H25N7O. The quantitative estimate of drug-likeness (QED) is 0.735. The third kappa shape index (κ3) is 3.67. The highest BCUT2D eigenvalue weighted by Gasteiger charge is 2.26. The maximum Gasteiger partial charge on any atom is 0.222 e. The fraction of sp³-hybridized carbons (Fsp3) is 0.450. The molecule has 8 heteroatoms. The average molecular weight is 379 g/mol. The molecule has 1 N–H and O–H groups in total. The minimum absolute atomic E-state index is 0.00544. The van der Waals surface area contributed by atoms with Gasteiger partial charge < -0.3 is 5.32 Å². The fourth-order valence-electron chi connectivity index (χ4n) is 3.93. The molecule has 0 aliphatic heterocycles. The van der Waals surface area contributed by atoms with Crippen molar-refractivity contribution >= 4 is 5.91 Å². The number of nitrogens with one attached hydrogen (secondary N) is 1. The van der Waals surface area contributed by atoms with Crippen LogP contribution in [-0.4, -0.2) is 35.9 Å². The van der Waals surface area contributed by atoms with Crippen LogP contribution in [0.4, 0.5) is 0 Å². The van der Waals surface area contributed by atoms with Crippen LogP contribution in [0.5, 0.6) is 0 Å². The molecule has 2 heterocycles. The predicted octanol–water partition coefficient (Wildman–Crippen LogP) is 2.37. The van der Waals surface area contributed by atoms with Crippen molar-refractivity contribution in [1.82, 2.24) is 35.3 Å². The van der Waals surface area contributed by atoms with Crippen molar-refractivity contribution in [2.45, 2.75) is 59.0 Å². The Balaban J connectivity index is 1.49. The molecule has 0 bridgehead atoms. The summed E-state index contributed by atoms with van der Waals surface area (Å²) in [6, 6.07) is 6.47. The molecule has 1 atom stereocenters. The van der Waals surface area contributed by atoms with Gasteiger partial charge in [0.1, 0.15) is 5.82 Å². The van der Waals surface area contributed by atoms with Crippen LogP contribution in [0.15, 0.2) is 24.4 Å². The summed E-state index contributed by atoms with van der Waals surface area (Å²) in [5, 5.41) is 19.1. The van der Waals surface area contributed by atoms with E-state index in [9.17, 15) is 4.79 Å². The largest absolute Gasteiger partial charge is 0.349 e. The van der Waals surface area contributed by atoms with Crippen molar-refractivity contribution in [2.24, 2.45) is 0 Å². The smallest absolute Gasteiger partial charge is 0.222 e. The van der Waals surface area contributed by atoms with E-state index in [0.717, 1.165) is 30.5 Å². The third-order valence-corrected chi connectivity index (χ3v) is 5.23. The molecule has 0 fully saturated rings. The Morgan fingerprint density at radius 1 is 1.21 bits per heavy atom. The SMILES string of the molecule is Cc1cc(C)cc(-n2ncc3c2CCC[C@H]3NC(=O)CCn2nnnc2C)c1. The van der Waals surface area contributed by atoms with Gasteiger partial charge in [0.05, 0.1) is 24.5 Å². The Kier molecular flexibility index (Phi) is 4.93. The van der Waals surface area contributed by atoms with Crippen LogP contribution in [0.1, 0.15) is 53.5 Å². The van der Waals surface area contributed by atoms with E-state index < -0.39 is 0 Å². The van der Waals surface area contributed by atoms with Crippen LogP contribution < -0.4 is 5.32 Å². The summed E-state index contributed by atoms with van der Waals surface area (Å²) in [5.41, 5.74) is 5.84. The highest BCUT2D eigenvalue weighted by Crippen LogP contribution is 2.31. The highest BCUT2D eigenvalue weighted by molar-refractivity contribution is 5.76. The molecule has 28 heavy (non-hydrogen) atoms. The molecule has 1 aliphatic carbocycles. The average Bonchev–Trinajstić information content (AvgIpc) is 3.26. The summed E-state index contributed by atoms with van der Waals surface area (Å²) < 4.78 is 3.67. The summed E-state index contributed by atoms with van der Waals surface area (Å²) in [4.78, 5) is 12.5. The van der Waals surface area contributed by atoms with Crippen LogP contribution in [0, 0.1) is 20.8 Å². The van der Waals surface area contributed by atoms with Gasteiger partial charge in [-0.05, 0) is 73.7 Å². The van der Waals surface area contributed by atoms with Crippen molar-refractivity contribution < 1.29 is 4.79 Å². The highest BCUT2D eigenvalue weighted by atomic mass is 16.1. The summed E-state index contributed by atoms with van der Waals surface area (Å²) in [6.45, 7) is 6.50. The fourth-order valence-corrected chi connectivity index (χ4v) is 3.93. The Hall–Kier alpha value is -3.03. The first kappa shape index (κ1) is 18.3. The van der Waals surface area contributed by atoms with E-state index in [-0.39, 0.29) is 11.9 Å². The number of nitrogens with zero attached hydrogens (tertiary/aromatic N) is 6. The monoisotopic (exact) mass is 379 g/mol. The van der Waals surface area contributed by atoms with E-state index in [2.05, 4.69) is 58.0 Å². The summed E-state index contributed by atoms with van der Waals surface area (Å²) in [7, 11) is 0. The molecule has 0 unspecified atom stereocenters. The molecule has 8 nitrogen and oxygen atoms in total. The van der Waals surface area contributed by atoms with E-state index >= 15 is 0 Å². The number of hydrogen-bond acceptors (Lipinski definition) is 5. The van der Waals surface area contributed by atoms with Crippen molar-refractivity contribution in [2.75, 3.05) is 0 Å². The van der Waals surface area contributed by atoms with Crippen LogP contribution in [0.2, 0.25) is 0 Å². The Morgan fingerprint density at radius 3 is 2.71 bits per heavy atom. The first-order valence-electron chi connectivity index (χ1n) is 9.69. The Morgan fingerprint density at radius 2 is 2.00 bits per heavy atom. The number of aryl methyl sites for hydroxylation is 4. The van der Waals surface area contributed by atoms with Gasteiger partial charge in [-0.2, -0.15) is 5.10 Å². The number of carbonyl (C=O) groups excluding carboxylic acids is 1. The zero-order chi connectivity index (χ0) is 19.7. The number of carbonyl (C=O) groups is 1. The maximum absolute atomic E-state index is 12.5. The number of aromatic nitrogens is 6. The lowest BCUT2D eigenvalue weighted by molar-refractivity contribution is -0.122. The van der Waals surface area contributed by atoms with Gasteiger partial charge in [0.25, 0.3) is 0 Å². The number of fused-ring (bicyclic) bond motifs is 1. The van der Waals surface area contributed by atoms with E-state index in [1.54, 1.807) is 4.68 Å². The van der Waals surface area contributed by atoms with Gasteiger partial charge in [-0.3, -0.25) is 4.79 Å². The number of tetrazole rings is 1. The first-order valence-corrected chi connectivity index (χ1v) is 9.69. The molecule has 0 radical (unpaired) electrons. The van der Waals surface area contributed by atoms with Crippen molar-refractivity contribution in [3.8, 4) is 5.69 Å². The van der Waals surface area contributed by atoms with Crippen molar-refractivity contribution in [3.05, 3.63) is 52.6 Å². The maximum atomic E-state index is 12.5. The van der Waals surface area contributed by atoms with Crippen LogP contribution in [-0.2, 0) is 17.8 Å². The van der Waals surface area contributed by atoms with E-state index in [4.69, 9.17) is 0 Å². The number of amides is 1. The van der Waals surface area contributed by atoms with Gasteiger partial charge in [-0.1, -0.05) is 6.07 Å². The van der Waals surface area contributed by atoms with Crippen LogP contribution >= 0.6 is 0 Å². The summed E-state index contributed by atoms with van der Waals surface area (Å²) in [5.74, 6) is 0.717. The number of rotatable bonds is 5. The predicted molar refractivity (Wildman–Crippen MR) is 104 cm³/mol. The molecule has 3 aromatic rings. The standard InChI is InChI=1S/C20H25N7O/c1-13-9-14(2)11-16(10-13)27-19-6-4-5-18(17(19)12-21-27)22-20(28)7-8-26-15(3)23-24-25-26/h9-12,18H,4-8H2,1-3H3,(H,22,28)/t18-/m1/s1. The third-order valence-electron chi connectivity index (χ3n) is 5.23. The van der Waals surface area contributed by atoms with Crippen molar-refractivity contribution in [1.29, 1.82) is 0 Å². The zero-order valence-corrected chi connectivity index (χ0v) is 16.5. The molecule has 0 saturated carbocycles. The topological polar surface area (TPSA) is 90.5 Å². The van der Waals surface area contributed by atoms with Gasteiger partial charge in [0.2, 0.25) is 5.91 Å². The van der Waals surface area contributed by atoms with E-state index in [1.807, 2.05) is 17.8 Å². The molecule has 0 saturated heterocycles. The minimum Gasteiger partial charge on any atom is -0.349 e. The van der Waals surface area contributed by atoms with E-state index in [1.165, 1.54) is 16.8 Å². The normalized spacial score (nSPS) is 16.0. The second-order valence-electron chi connectivity index (χ2n) is 7.52. The van der Waals surface area contributed by atoms with Gasteiger partial charge >= 0.3 is 0 Å². The molecule has 146 valence electrons. The van der Waals surface area contributed by atoms with Crippen LogP contribution in [0.3, 0.4) is 0 Å². The van der Waals surface area contributed by atoms with E-state index in [0.29, 0.717) is 18.8 Å². The van der Waals surface area contributed by atoms with Gasteiger partial charge in [-0.25, -0.2) is 9.36 Å². The van der Waals surface area contributed by atoms with Crippen LogP contribution in [0.25, 0.3) is 5.69 Å². The number of hydrogen-bond donors (Lipinski definition) is 1. The molecule has 1 aliphatic rings. The second-order valence-corrected chi connectivity index (χ2v) is 7.52. The summed E-state index contributed by atoms with van der Waals surface area (Å²) in [6.07, 6.45) is 5.19. The number of benzene rings is 1.